The number of benzene rings is 1. The Morgan fingerprint density at radius 2 is 2.26 bits per heavy atom. The maximum atomic E-state index is 12.4. The molecule has 1 aromatic carbocycles. The van der Waals surface area contributed by atoms with Gasteiger partial charge in [-0.25, -0.2) is 4.98 Å². The molecule has 1 aliphatic heterocycles. The number of para-hydroxylation sites is 2. The summed E-state index contributed by atoms with van der Waals surface area (Å²) in [4.78, 5) is 20.7. The van der Waals surface area contributed by atoms with Crippen LogP contribution >= 0.6 is 11.3 Å². The molecule has 0 fully saturated rings. The van der Waals surface area contributed by atoms with Gasteiger partial charge in [0.05, 0.1) is 23.8 Å². The van der Waals surface area contributed by atoms with Crippen LogP contribution in [0.25, 0.3) is 0 Å². The van der Waals surface area contributed by atoms with Crippen molar-refractivity contribution in [2.75, 3.05) is 31.6 Å². The molecule has 6 heteroatoms. The van der Waals surface area contributed by atoms with Crippen LogP contribution in [0.2, 0.25) is 0 Å². The van der Waals surface area contributed by atoms with Crippen molar-refractivity contribution >= 4 is 22.9 Å². The summed E-state index contributed by atoms with van der Waals surface area (Å²) in [5.74, 6) is 0.829. The van der Waals surface area contributed by atoms with Crippen molar-refractivity contribution in [2.45, 2.75) is 20.0 Å². The molecule has 0 unspecified atom stereocenters. The molecule has 0 aliphatic carbocycles. The van der Waals surface area contributed by atoms with E-state index in [0.717, 1.165) is 29.5 Å². The monoisotopic (exact) mass is 331 g/mol. The van der Waals surface area contributed by atoms with E-state index in [4.69, 9.17) is 4.74 Å². The first-order valence-corrected chi connectivity index (χ1v) is 8.64. The minimum absolute atomic E-state index is 0.0430. The summed E-state index contributed by atoms with van der Waals surface area (Å²) in [5.41, 5.74) is 1.63. The highest BCUT2D eigenvalue weighted by atomic mass is 32.1. The molecule has 5 nitrogen and oxygen atoms in total. The third-order valence-electron chi connectivity index (χ3n) is 3.97. The van der Waals surface area contributed by atoms with Gasteiger partial charge < -0.3 is 14.5 Å². The Kier molecular flexibility index (Phi) is 4.52. The number of thiazole rings is 1. The zero-order valence-corrected chi connectivity index (χ0v) is 14.5. The van der Waals surface area contributed by atoms with Crippen molar-refractivity contribution in [3.8, 4) is 5.75 Å². The van der Waals surface area contributed by atoms with Crippen LogP contribution in [-0.4, -0.2) is 48.6 Å². The maximum Gasteiger partial charge on any atom is 0.273 e. The molecule has 2 aromatic rings. The number of aromatic nitrogens is 1. The maximum absolute atomic E-state index is 12.4. The van der Waals surface area contributed by atoms with Gasteiger partial charge in [-0.3, -0.25) is 4.79 Å². The molecule has 122 valence electrons. The van der Waals surface area contributed by atoms with Crippen LogP contribution in [0.15, 0.2) is 29.6 Å². The zero-order valence-electron chi connectivity index (χ0n) is 13.7. The van der Waals surface area contributed by atoms with Crippen LogP contribution in [0.5, 0.6) is 5.75 Å². The average molecular weight is 331 g/mol. The minimum atomic E-state index is -0.0557. The number of carbonyl (C=O) groups excluding carboxylic acids is 1. The molecule has 0 bridgehead atoms. The SMILES string of the molecule is CCN1C[C@H](CN(C)C(=O)c2csc(C)n2)Oc2ccccc21. The second kappa shape index (κ2) is 6.58. The van der Waals surface area contributed by atoms with Crippen LogP contribution in [0, 0.1) is 6.92 Å². The van der Waals surface area contributed by atoms with Gasteiger partial charge in [0.2, 0.25) is 0 Å². The van der Waals surface area contributed by atoms with Crippen LogP contribution < -0.4 is 9.64 Å². The van der Waals surface area contributed by atoms with Crippen LogP contribution in [0.3, 0.4) is 0 Å². The first kappa shape index (κ1) is 15.8. The first-order valence-electron chi connectivity index (χ1n) is 7.76. The average Bonchev–Trinajstić information content (AvgIpc) is 2.99. The number of ether oxygens (including phenoxy) is 1. The van der Waals surface area contributed by atoms with E-state index >= 15 is 0 Å². The number of rotatable bonds is 4. The Morgan fingerprint density at radius 1 is 1.48 bits per heavy atom. The molecule has 0 saturated heterocycles. The lowest BCUT2D eigenvalue weighted by Crippen LogP contribution is -2.46. The molecule has 3 rings (SSSR count). The number of hydrogen-bond acceptors (Lipinski definition) is 5. The summed E-state index contributed by atoms with van der Waals surface area (Å²) in [6.45, 7) is 6.27. The zero-order chi connectivity index (χ0) is 16.4. The number of likely N-dealkylation sites (N-methyl/N-ethyl adjacent to an activating group) is 2. The Labute approximate surface area is 140 Å². The summed E-state index contributed by atoms with van der Waals surface area (Å²) in [6, 6.07) is 8.05. The molecule has 2 heterocycles. The Bertz CT molecular complexity index is 701. The quantitative estimate of drug-likeness (QED) is 0.864. The molecule has 0 saturated carbocycles. The van der Waals surface area contributed by atoms with Crippen molar-refractivity contribution in [1.82, 2.24) is 9.88 Å². The van der Waals surface area contributed by atoms with Gasteiger partial charge in [-0.2, -0.15) is 0 Å². The number of nitrogens with zero attached hydrogens (tertiary/aromatic N) is 3. The lowest BCUT2D eigenvalue weighted by Gasteiger charge is -2.37. The summed E-state index contributed by atoms with van der Waals surface area (Å²) in [6.07, 6.45) is -0.0430. The summed E-state index contributed by atoms with van der Waals surface area (Å²) >= 11 is 1.49. The summed E-state index contributed by atoms with van der Waals surface area (Å²) in [5, 5.41) is 2.71. The lowest BCUT2D eigenvalue weighted by molar-refractivity contribution is 0.0704. The van der Waals surface area contributed by atoms with Crippen molar-refractivity contribution in [1.29, 1.82) is 0 Å². The third kappa shape index (κ3) is 3.32. The van der Waals surface area contributed by atoms with Crippen LogP contribution in [0.1, 0.15) is 22.4 Å². The van der Waals surface area contributed by atoms with E-state index < -0.39 is 0 Å². The minimum Gasteiger partial charge on any atom is -0.485 e. The van der Waals surface area contributed by atoms with E-state index in [0.29, 0.717) is 12.2 Å². The van der Waals surface area contributed by atoms with Crippen molar-refractivity contribution in [2.24, 2.45) is 0 Å². The van der Waals surface area contributed by atoms with E-state index in [9.17, 15) is 4.79 Å². The molecule has 1 aromatic heterocycles. The fourth-order valence-corrected chi connectivity index (χ4v) is 3.41. The topological polar surface area (TPSA) is 45.7 Å². The number of anilines is 1. The number of carbonyl (C=O) groups is 1. The lowest BCUT2D eigenvalue weighted by atomic mass is 10.2. The van der Waals surface area contributed by atoms with Gasteiger partial charge in [0.1, 0.15) is 17.5 Å². The normalized spacial score (nSPS) is 16.7. The van der Waals surface area contributed by atoms with Crippen molar-refractivity contribution < 1.29 is 9.53 Å². The van der Waals surface area contributed by atoms with E-state index in [1.165, 1.54) is 11.3 Å². The highest BCUT2D eigenvalue weighted by Gasteiger charge is 2.27. The number of aryl methyl sites for hydroxylation is 1. The highest BCUT2D eigenvalue weighted by Crippen LogP contribution is 2.32. The standard InChI is InChI=1S/C17H21N3O2S/c1-4-20-10-13(22-16-8-6-5-7-15(16)20)9-19(3)17(21)14-11-23-12(2)18-14/h5-8,11,13H,4,9-10H2,1-3H3/t13-/m0/s1. The van der Waals surface area contributed by atoms with Gasteiger partial charge in [-0.1, -0.05) is 12.1 Å². The van der Waals surface area contributed by atoms with Gasteiger partial charge in [0.15, 0.2) is 0 Å². The van der Waals surface area contributed by atoms with E-state index in [1.54, 1.807) is 11.9 Å². The summed E-state index contributed by atoms with van der Waals surface area (Å²) in [7, 11) is 1.80. The molecule has 23 heavy (non-hydrogen) atoms. The Morgan fingerprint density at radius 3 is 2.96 bits per heavy atom. The number of amides is 1. The van der Waals surface area contributed by atoms with Gasteiger partial charge in [0, 0.05) is 19.0 Å². The van der Waals surface area contributed by atoms with Gasteiger partial charge in [-0.05, 0) is 26.0 Å². The predicted octanol–water partition coefficient (Wildman–Crippen LogP) is 2.81. The highest BCUT2D eigenvalue weighted by molar-refractivity contribution is 7.09. The number of fused-ring (bicyclic) bond motifs is 1. The fraction of sp³-hybridized carbons (Fsp3) is 0.412. The molecule has 1 aliphatic rings. The molecule has 0 N–H and O–H groups in total. The molecule has 0 radical (unpaired) electrons. The van der Waals surface area contributed by atoms with Crippen LogP contribution in [-0.2, 0) is 0 Å². The van der Waals surface area contributed by atoms with Crippen LogP contribution in [0.4, 0.5) is 5.69 Å². The van der Waals surface area contributed by atoms with Crippen molar-refractivity contribution in [3.05, 3.63) is 40.3 Å². The molecule has 1 amide bonds. The van der Waals surface area contributed by atoms with E-state index in [-0.39, 0.29) is 12.0 Å². The molecule has 1 atom stereocenters. The first-order chi connectivity index (χ1) is 11.1. The molecular formula is C17H21N3O2S. The van der Waals surface area contributed by atoms with Gasteiger partial charge >= 0.3 is 0 Å². The predicted molar refractivity (Wildman–Crippen MR) is 92.6 cm³/mol. The van der Waals surface area contributed by atoms with E-state index in [2.05, 4.69) is 22.9 Å². The van der Waals surface area contributed by atoms with Gasteiger partial charge in [0.25, 0.3) is 5.91 Å². The third-order valence-corrected chi connectivity index (χ3v) is 4.74. The number of hydrogen-bond donors (Lipinski definition) is 0. The largest absolute Gasteiger partial charge is 0.485 e. The molecular weight excluding hydrogens is 310 g/mol. The molecule has 0 spiro atoms. The van der Waals surface area contributed by atoms with Gasteiger partial charge in [-0.15, -0.1) is 11.3 Å². The smallest absolute Gasteiger partial charge is 0.273 e. The summed E-state index contributed by atoms with van der Waals surface area (Å²) < 4.78 is 6.07. The fourth-order valence-electron chi connectivity index (χ4n) is 2.82. The van der Waals surface area contributed by atoms with E-state index in [1.807, 2.05) is 30.5 Å². The Hall–Kier alpha value is -2.08. The second-order valence-corrected chi connectivity index (χ2v) is 6.75. The second-order valence-electron chi connectivity index (χ2n) is 5.68. The Balaban J connectivity index is 1.70. The van der Waals surface area contributed by atoms with Crippen molar-refractivity contribution in [3.63, 3.8) is 0 Å².